The molecule has 2 amide bonds. The maximum absolute atomic E-state index is 13.5. The summed E-state index contributed by atoms with van der Waals surface area (Å²) in [5, 5.41) is 12.4. The van der Waals surface area contributed by atoms with Gasteiger partial charge >= 0.3 is 6.18 Å². The molecule has 1 aliphatic rings. The summed E-state index contributed by atoms with van der Waals surface area (Å²) in [4.78, 5) is 33.0. The molecular weight excluding hydrogens is 511 g/mol. The molecule has 1 fully saturated rings. The third kappa shape index (κ3) is 6.27. The molecule has 0 radical (unpaired) electrons. The second-order valence-corrected chi connectivity index (χ2v) is 8.93. The molecule has 0 atom stereocenters. The lowest BCUT2D eigenvalue weighted by atomic mass is 10.0. The second kappa shape index (κ2) is 10.4. The van der Waals surface area contributed by atoms with E-state index in [2.05, 4.69) is 42.6 Å². The van der Waals surface area contributed by atoms with Gasteiger partial charge in [0.15, 0.2) is 0 Å². The number of benzene rings is 2. The summed E-state index contributed by atoms with van der Waals surface area (Å²) in [6.45, 7) is 1.82. The molecule has 1 saturated carbocycles. The Labute approximate surface area is 220 Å². The van der Waals surface area contributed by atoms with Gasteiger partial charge in [-0.1, -0.05) is 17.9 Å². The maximum Gasteiger partial charge on any atom is 0.416 e. The van der Waals surface area contributed by atoms with Gasteiger partial charge in [0.05, 0.1) is 16.8 Å². The summed E-state index contributed by atoms with van der Waals surface area (Å²) < 4.78 is 41.8. The number of nitrogens with zero attached hydrogens (tertiary/aromatic N) is 5. The highest BCUT2D eigenvalue weighted by molar-refractivity contribution is 6.04. The van der Waals surface area contributed by atoms with Gasteiger partial charge in [-0.25, -0.2) is 9.97 Å². The number of halogens is 3. The van der Waals surface area contributed by atoms with Crippen LogP contribution in [0.3, 0.4) is 0 Å². The average molecular weight is 531 g/mol. The molecular formula is C27H20F3N7O2. The maximum atomic E-state index is 13.5. The first-order chi connectivity index (χ1) is 18.7. The Kier molecular flexibility index (Phi) is 6.81. The summed E-state index contributed by atoms with van der Waals surface area (Å²) in [7, 11) is 0. The first-order valence-electron chi connectivity index (χ1n) is 11.8. The number of anilines is 2. The van der Waals surface area contributed by atoms with Crippen molar-refractivity contribution in [2.24, 2.45) is 5.92 Å². The van der Waals surface area contributed by atoms with Crippen LogP contribution in [0.25, 0.3) is 5.69 Å². The summed E-state index contributed by atoms with van der Waals surface area (Å²) >= 11 is 0. The molecule has 1 aliphatic carbocycles. The van der Waals surface area contributed by atoms with E-state index in [1.54, 1.807) is 18.2 Å². The monoisotopic (exact) mass is 531 g/mol. The van der Waals surface area contributed by atoms with Crippen LogP contribution in [0.15, 0.2) is 61.4 Å². The molecule has 0 saturated heterocycles. The third-order valence-electron chi connectivity index (χ3n) is 5.90. The van der Waals surface area contributed by atoms with Crippen LogP contribution in [-0.2, 0) is 11.0 Å². The van der Waals surface area contributed by atoms with E-state index in [4.69, 9.17) is 0 Å². The topological polar surface area (TPSA) is 115 Å². The van der Waals surface area contributed by atoms with Crippen molar-refractivity contribution in [3.05, 3.63) is 89.3 Å². The van der Waals surface area contributed by atoms with Crippen molar-refractivity contribution < 1.29 is 22.8 Å². The normalized spacial score (nSPS) is 12.8. The van der Waals surface area contributed by atoms with Crippen LogP contribution < -0.4 is 10.6 Å². The third-order valence-corrected chi connectivity index (χ3v) is 5.90. The minimum Gasteiger partial charge on any atom is -0.322 e. The number of carbonyl (C=O) groups excluding carboxylic acids is 2. The molecule has 39 heavy (non-hydrogen) atoms. The molecule has 12 heteroatoms. The lowest BCUT2D eigenvalue weighted by molar-refractivity contribution is -0.137. The van der Waals surface area contributed by atoms with Crippen molar-refractivity contribution in [1.29, 1.82) is 0 Å². The van der Waals surface area contributed by atoms with Crippen LogP contribution in [-0.4, -0.2) is 36.5 Å². The quantitative estimate of drug-likeness (QED) is 0.370. The molecule has 2 aromatic carbocycles. The Morgan fingerprint density at radius 1 is 0.974 bits per heavy atom. The number of hydrogen-bond acceptors (Lipinski definition) is 6. The first-order valence-corrected chi connectivity index (χ1v) is 11.8. The van der Waals surface area contributed by atoms with Gasteiger partial charge in [-0.3, -0.25) is 19.5 Å². The first kappa shape index (κ1) is 25.6. The number of aromatic nitrogens is 5. The van der Waals surface area contributed by atoms with Crippen molar-refractivity contribution in [2.45, 2.75) is 25.9 Å². The number of amides is 2. The second-order valence-electron chi connectivity index (χ2n) is 8.93. The molecule has 2 heterocycles. The fourth-order valence-electron chi connectivity index (χ4n) is 3.59. The number of alkyl halides is 3. The van der Waals surface area contributed by atoms with Crippen molar-refractivity contribution in [2.75, 3.05) is 10.6 Å². The fraction of sp³-hybridized carbons (Fsp3) is 0.185. The van der Waals surface area contributed by atoms with E-state index >= 15 is 0 Å². The molecule has 2 N–H and O–H groups in total. The highest BCUT2D eigenvalue weighted by atomic mass is 19.4. The number of rotatable bonds is 5. The van der Waals surface area contributed by atoms with Crippen molar-refractivity contribution >= 4 is 23.5 Å². The minimum absolute atomic E-state index is 0.0325. The van der Waals surface area contributed by atoms with Gasteiger partial charge < -0.3 is 5.32 Å². The fourth-order valence-corrected chi connectivity index (χ4v) is 3.59. The Morgan fingerprint density at radius 2 is 1.69 bits per heavy atom. The zero-order chi connectivity index (χ0) is 27.6. The van der Waals surface area contributed by atoms with Gasteiger partial charge in [-0.15, -0.1) is 10.2 Å². The zero-order valence-corrected chi connectivity index (χ0v) is 20.5. The molecule has 2 aromatic heterocycles. The molecule has 9 nitrogen and oxygen atoms in total. The Balaban J connectivity index is 1.34. The van der Waals surface area contributed by atoms with Gasteiger partial charge in [0, 0.05) is 35.1 Å². The minimum atomic E-state index is -4.62. The van der Waals surface area contributed by atoms with Gasteiger partial charge in [-0.2, -0.15) is 13.2 Å². The zero-order valence-electron chi connectivity index (χ0n) is 20.5. The predicted octanol–water partition coefficient (Wildman–Crippen LogP) is 4.39. The van der Waals surface area contributed by atoms with Crippen molar-refractivity contribution in [3.63, 3.8) is 0 Å². The van der Waals surface area contributed by atoms with E-state index in [0.717, 1.165) is 30.5 Å². The van der Waals surface area contributed by atoms with Crippen LogP contribution in [0, 0.1) is 24.7 Å². The Hall–Kier alpha value is -5.05. The molecule has 0 bridgehead atoms. The lowest BCUT2D eigenvalue weighted by Crippen LogP contribution is -2.15. The molecule has 196 valence electrons. The van der Waals surface area contributed by atoms with Crippen LogP contribution in [0.5, 0.6) is 0 Å². The van der Waals surface area contributed by atoms with Gasteiger partial charge in [-0.05, 0) is 55.7 Å². The summed E-state index contributed by atoms with van der Waals surface area (Å²) in [5.41, 5.74) is 1.21. The van der Waals surface area contributed by atoms with Crippen LogP contribution in [0.2, 0.25) is 0 Å². The highest BCUT2D eigenvalue weighted by Crippen LogP contribution is 2.33. The smallest absolute Gasteiger partial charge is 0.322 e. The molecule has 5 rings (SSSR count). The van der Waals surface area contributed by atoms with Crippen molar-refractivity contribution in [3.8, 4) is 17.5 Å². The molecule has 0 aliphatic heterocycles. The van der Waals surface area contributed by atoms with Crippen LogP contribution >= 0.6 is 0 Å². The largest absolute Gasteiger partial charge is 0.416 e. The van der Waals surface area contributed by atoms with Crippen LogP contribution in [0.1, 0.15) is 45.5 Å². The van der Waals surface area contributed by atoms with E-state index in [1.165, 1.54) is 35.7 Å². The van der Waals surface area contributed by atoms with E-state index in [9.17, 15) is 22.8 Å². The van der Waals surface area contributed by atoms with Gasteiger partial charge in [0.1, 0.15) is 12.7 Å². The number of hydrogen-bond donors (Lipinski definition) is 2. The van der Waals surface area contributed by atoms with Crippen molar-refractivity contribution in [1.82, 2.24) is 24.7 Å². The predicted molar refractivity (Wildman–Crippen MR) is 135 cm³/mol. The average Bonchev–Trinajstić information content (AvgIpc) is 3.62. The highest BCUT2D eigenvalue weighted by Gasteiger charge is 2.32. The SMILES string of the molecule is Cc1ccc(C(=O)Nc2cc(-n3cnnc3)cc(C(F)(F)F)c2)cc1C#Cc1cnc(NC(=O)C2CC2)nc1. The summed E-state index contributed by atoms with van der Waals surface area (Å²) in [6.07, 6.45) is 2.60. The van der Waals surface area contributed by atoms with Gasteiger partial charge in [0.25, 0.3) is 5.91 Å². The molecule has 4 aromatic rings. The lowest BCUT2D eigenvalue weighted by Gasteiger charge is -2.13. The van der Waals surface area contributed by atoms with Crippen LogP contribution in [0.4, 0.5) is 24.8 Å². The number of carbonyl (C=O) groups is 2. The standard InChI is InChI=1S/C27H20F3N7O2/c1-16-2-4-20(8-19(16)5-3-17-12-31-26(32-13-17)36-24(38)18-6-7-18)25(39)35-22-9-21(27(28,29)30)10-23(11-22)37-14-33-34-15-37/h2,4,8-15,18H,6-7H2,1H3,(H,35,39)(H,31,32,36,38). The van der Waals surface area contributed by atoms with E-state index in [0.29, 0.717) is 11.1 Å². The summed E-state index contributed by atoms with van der Waals surface area (Å²) in [6, 6.07) is 8.00. The van der Waals surface area contributed by atoms with E-state index in [1.807, 2.05) is 6.92 Å². The number of aryl methyl sites for hydroxylation is 1. The molecule has 0 spiro atoms. The Bertz CT molecular complexity index is 1600. The van der Waals surface area contributed by atoms with E-state index < -0.39 is 17.6 Å². The number of nitrogens with one attached hydrogen (secondary N) is 2. The Morgan fingerprint density at radius 3 is 2.36 bits per heavy atom. The van der Waals surface area contributed by atoms with Gasteiger partial charge in [0.2, 0.25) is 11.9 Å². The van der Waals surface area contributed by atoms with E-state index in [-0.39, 0.29) is 34.7 Å². The molecule has 0 unspecified atom stereocenters. The summed E-state index contributed by atoms with van der Waals surface area (Å²) in [5.74, 6) is 5.42.